The normalized spacial score (nSPS) is 10.4. The van der Waals surface area contributed by atoms with Crippen LogP contribution in [0.3, 0.4) is 0 Å². The molecule has 0 aliphatic heterocycles. The van der Waals surface area contributed by atoms with Crippen LogP contribution >= 0.6 is 0 Å². The summed E-state index contributed by atoms with van der Waals surface area (Å²) >= 11 is 0. The maximum atomic E-state index is 10.9. The quantitative estimate of drug-likeness (QED) is 0.625. The summed E-state index contributed by atoms with van der Waals surface area (Å²) in [6.07, 6.45) is 0. The maximum Gasteiger partial charge on any atom is 0.335 e. The number of rotatable bonds is 5. The summed E-state index contributed by atoms with van der Waals surface area (Å²) in [7, 11) is 0. The summed E-state index contributed by atoms with van der Waals surface area (Å²) in [6.45, 7) is 5.91. The van der Waals surface area contributed by atoms with Gasteiger partial charge in [-0.1, -0.05) is 12.1 Å². The highest BCUT2D eigenvalue weighted by Crippen LogP contribution is 2.23. The lowest BCUT2D eigenvalue weighted by Crippen LogP contribution is -2.03. The van der Waals surface area contributed by atoms with E-state index < -0.39 is 5.97 Å². The monoisotopic (exact) mass is 348 g/mol. The van der Waals surface area contributed by atoms with Crippen molar-refractivity contribution in [3.8, 4) is 0 Å². The second-order valence-electron chi connectivity index (χ2n) is 6.14. The molecule has 3 rings (SSSR count). The number of hydrogen-bond acceptors (Lipinski definition) is 5. The van der Waals surface area contributed by atoms with E-state index in [1.165, 1.54) is 5.56 Å². The first-order valence-electron chi connectivity index (χ1n) is 8.21. The fraction of sp³-hybridized carbons (Fsp3) is 0.150. The van der Waals surface area contributed by atoms with Crippen molar-refractivity contribution in [2.75, 3.05) is 10.6 Å². The SMILES string of the molecule is Cc1ccc(C)c(Nc2cc(Nc3ccc(C(=O)O)cc3)nc(C)n2)c1. The van der Waals surface area contributed by atoms with Gasteiger partial charge in [0.05, 0.1) is 5.56 Å². The van der Waals surface area contributed by atoms with Gasteiger partial charge in [0, 0.05) is 17.4 Å². The molecule has 0 atom stereocenters. The molecular weight excluding hydrogens is 328 g/mol. The summed E-state index contributed by atoms with van der Waals surface area (Å²) in [6, 6.07) is 14.5. The molecule has 1 aromatic heterocycles. The number of aryl methyl sites for hydroxylation is 3. The molecule has 3 N–H and O–H groups in total. The van der Waals surface area contributed by atoms with Gasteiger partial charge < -0.3 is 15.7 Å². The van der Waals surface area contributed by atoms with E-state index in [1.54, 1.807) is 24.3 Å². The molecule has 6 nitrogen and oxygen atoms in total. The Morgan fingerprint density at radius 2 is 1.54 bits per heavy atom. The number of anilines is 4. The third-order valence-corrected chi connectivity index (χ3v) is 3.90. The Morgan fingerprint density at radius 1 is 0.885 bits per heavy atom. The van der Waals surface area contributed by atoms with Gasteiger partial charge in [0.1, 0.15) is 17.5 Å². The molecule has 6 heteroatoms. The number of nitrogens with one attached hydrogen (secondary N) is 2. The molecule has 0 unspecified atom stereocenters. The van der Waals surface area contributed by atoms with E-state index in [0.29, 0.717) is 17.5 Å². The molecule has 26 heavy (non-hydrogen) atoms. The summed E-state index contributed by atoms with van der Waals surface area (Å²) in [5.41, 5.74) is 4.30. The second-order valence-corrected chi connectivity index (χ2v) is 6.14. The van der Waals surface area contributed by atoms with Crippen LogP contribution in [0.15, 0.2) is 48.5 Å². The zero-order chi connectivity index (χ0) is 18.7. The van der Waals surface area contributed by atoms with E-state index in [-0.39, 0.29) is 5.56 Å². The third kappa shape index (κ3) is 4.16. The third-order valence-electron chi connectivity index (χ3n) is 3.90. The molecule has 0 bridgehead atoms. The Balaban J connectivity index is 1.83. The first-order chi connectivity index (χ1) is 12.4. The Kier molecular flexibility index (Phi) is 4.84. The van der Waals surface area contributed by atoms with Crippen molar-refractivity contribution in [1.82, 2.24) is 9.97 Å². The average Bonchev–Trinajstić information content (AvgIpc) is 2.58. The molecule has 0 radical (unpaired) electrons. The molecular formula is C20H20N4O2. The van der Waals surface area contributed by atoms with Crippen molar-refractivity contribution < 1.29 is 9.90 Å². The zero-order valence-electron chi connectivity index (χ0n) is 14.9. The Bertz CT molecular complexity index is 953. The average molecular weight is 348 g/mol. The van der Waals surface area contributed by atoms with Crippen molar-refractivity contribution in [1.29, 1.82) is 0 Å². The van der Waals surface area contributed by atoms with Gasteiger partial charge in [-0.3, -0.25) is 0 Å². The standard InChI is InChI=1S/C20H20N4O2/c1-12-4-5-13(2)17(10-12)24-19-11-18(21-14(3)22-19)23-16-8-6-15(7-9-16)20(25)26/h4-11H,1-3H3,(H,25,26)(H2,21,22,23,24). The lowest BCUT2D eigenvalue weighted by atomic mass is 10.1. The number of nitrogens with zero attached hydrogens (tertiary/aromatic N) is 2. The summed E-state index contributed by atoms with van der Waals surface area (Å²) < 4.78 is 0. The molecule has 3 aromatic rings. The zero-order valence-corrected chi connectivity index (χ0v) is 14.9. The number of carbonyl (C=O) groups is 1. The molecule has 0 saturated carbocycles. The Morgan fingerprint density at radius 3 is 2.19 bits per heavy atom. The topological polar surface area (TPSA) is 87.1 Å². The highest BCUT2D eigenvalue weighted by Gasteiger charge is 2.06. The number of carboxylic acid groups (broad SMARTS) is 1. The summed E-state index contributed by atoms with van der Waals surface area (Å²) in [5, 5.41) is 15.5. The van der Waals surface area contributed by atoms with E-state index in [2.05, 4.69) is 38.8 Å². The molecule has 0 amide bonds. The van der Waals surface area contributed by atoms with Crippen LogP contribution in [0.25, 0.3) is 0 Å². The lowest BCUT2D eigenvalue weighted by molar-refractivity contribution is 0.0697. The van der Waals surface area contributed by atoms with Crippen molar-refractivity contribution in [3.05, 3.63) is 71.0 Å². The van der Waals surface area contributed by atoms with Gasteiger partial charge in [-0.2, -0.15) is 0 Å². The number of aromatic carboxylic acids is 1. The van der Waals surface area contributed by atoms with E-state index >= 15 is 0 Å². The second kappa shape index (κ2) is 7.23. The smallest absolute Gasteiger partial charge is 0.335 e. The highest BCUT2D eigenvalue weighted by atomic mass is 16.4. The highest BCUT2D eigenvalue weighted by molar-refractivity contribution is 5.88. The van der Waals surface area contributed by atoms with Crippen LogP contribution in [0.1, 0.15) is 27.3 Å². The molecule has 132 valence electrons. The van der Waals surface area contributed by atoms with E-state index in [0.717, 1.165) is 16.9 Å². The van der Waals surface area contributed by atoms with Crippen LogP contribution in [-0.2, 0) is 0 Å². The minimum Gasteiger partial charge on any atom is -0.478 e. The van der Waals surface area contributed by atoms with Crippen molar-refractivity contribution in [3.63, 3.8) is 0 Å². The number of hydrogen-bond donors (Lipinski definition) is 3. The van der Waals surface area contributed by atoms with Gasteiger partial charge in [0.15, 0.2) is 0 Å². The summed E-state index contributed by atoms with van der Waals surface area (Å²) in [5.74, 6) is 1.00. The van der Waals surface area contributed by atoms with Crippen LogP contribution in [0, 0.1) is 20.8 Å². The van der Waals surface area contributed by atoms with Gasteiger partial charge in [0.25, 0.3) is 0 Å². The van der Waals surface area contributed by atoms with E-state index in [4.69, 9.17) is 5.11 Å². The van der Waals surface area contributed by atoms with Crippen molar-refractivity contribution in [2.24, 2.45) is 0 Å². The largest absolute Gasteiger partial charge is 0.478 e. The molecule has 0 aliphatic carbocycles. The van der Waals surface area contributed by atoms with Gasteiger partial charge in [-0.05, 0) is 62.2 Å². The van der Waals surface area contributed by atoms with Crippen molar-refractivity contribution in [2.45, 2.75) is 20.8 Å². The van der Waals surface area contributed by atoms with Crippen LogP contribution in [0.4, 0.5) is 23.0 Å². The summed E-state index contributed by atoms with van der Waals surface area (Å²) in [4.78, 5) is 19.8. The molecule has 0 fully saturated rings. The minimum absolute atomic E-state index is 0.242. The van der Waals surface area contributed by atoms with Crippen LogP contribution in [-0.4, -0.2) is 21.0 Å². The fourth-order valence-electron chi connectivity index (χ4n) is 2.55. The molecule has 0 aliphatic rings. The predicted molar refractivity (Wildman–Crippen MR) is 103 cm³/mol. The Hall–Kier alpha value is -3.41. The number of carboxylic acids is 1. The van der Waals surface area contributed by atoms with Crippen LogP contribution in [0.5, 0.6) is 0 Å². The lowest BCUT2D eigenvalue weighted by Gasteiger charge is -2.12. The van der Waals surface area contributed by atoms with Crippen LogP contribution < -0.4 is 10.6 Å². The molecule has 0 saturated heterocycles. The predicted octanol–water partition coefficient (Wildman–Crippen LogP) is 4.59. The first kappa shape index (κ1) is 17.4. The maximum absolute atomic E-state index is 10.9. The molecule has 0 spiro atoms. The van der Waals surface area contributed by atoms with Gasteiger partial charge in [-0.15, -0.1) is 0 Å². The van der Waals surface area contributed by atoms with Gasteiger partial charge in [0.2, 0.25) is 0 Å². The van der Waals surface area contributed by atoms with Crippen molar-refractivity contribution >= 4 is 29.0 Å². The number of aromatic nitrogens is 2. The molecule has 2 aromatic carbocycles. The van der Waals surface area contributed by atoms with Gasteiger partial charge >= 0.3 is 5.97 Å². The minimum atomic E-state index is -0.950. The van der Waals surface area contributed by atoms with Crippen LogP contribution in [0.2, 0.25) is 0 Å². The molecule has 1 heterocycles. The Labute approximate surface area is 152 Å². The van der Waals surface area contributed by atoms with E-state index in [9.17, 15) is 4.79 Å². The fourth-order valence-corrected chi connectivity index (χ4v) is 2.55. The van der Waals surface area contributed by atoms with E-state index in [1.807, 2.05) is 26.8 Å². The van der Waals surface area contributed by atoms with Gasteiger partial charge in [-0.25, -0.2) is 14.8 Å². The number of benzene rings is 2. The first-order valence-corrected chi connectivity index (χ1v) is 8.21.